The molecule has 0 saturated carbocycles. The number of carbonyl (C=O) groups excluding carboxylic acids is 1. The van der Waals surface area contributed by atoms with Crippen LogP contribution in [0.2, 0.25) is 0 Å². The van der Waals surface area contributed by atoms with E-state index in [4.69, 9.17) is 9.47 Å². The smallest absolute Gasteiger partial charge is 0.230 e. The van der Waals surface area contributed by atoms with Crippen LogP contribution in [0.5, 0.6) is 11.5 Å². The molecule has 2 heterocycles. The number of ketones is 1. The van der Waals surface area contributed by atoms with E-state index in [9.17, 15) is 4.79 Å². The van der Waals surface area contributed by atoms with Crippen molar-refractivity contribution < 1.29 is 14.3 Å². The maximum Gasteiger partial charge on any atom is 0.230 e. The third kappa shape index (κ3) is 2.40. The summed E-state index contributed by atoms with van der Waals surface area (Å²) in [4.78, 5) is 20.1. The molecule has 1 aromatic carbocycles. The van der Waals surface area contributed by atoms with E-state index in [1.807, 2.05) is 0 Å². The van der Waals surface area contributed by atoms with Crippen LogP contribution in [-0.2, 0) is 0 Å². The van der Waals surface area contributed by atoms with Crippen molar-refractivity contribution in [2.24, 2.45) is 0 Å². The summed E-state index contributed by atoms with van der Waals surface area (Å²) in [7, 11) is 0. The minimum absolute atomic E-state index is 0.178. The Morgan fingerprint density at radius 1 is 1.05 bits per heavy atom. The Morgan fingerprint density at radius 2 is 1.79 bits per heavy atom. The van der Waals surface area contributed by atoms with Crippen LogP contribution in [0, 0.1) is 0 Å². The molecule has 0 spiro atoms. The number of fused-ring (bicyclic) bond motifs is 1. The van der Waals surface area contributed by atoms with Crippen LogP contribution in [0.25, 0.3) is 0 Å². The Balaban J connectivity index is 1.94. The van der Waals surface area contributed by atoms with Crippen LogP contribution in [0.4, 0.5) is 0 Å². The highest BCUT2D eigenvalue weighted by molar-refractivity contribution is 6.06. The van der Waals surface area contributed by atoms with Gasteiger partial charge in [0.15, 0.2) is 11.5 Å². The van der Waals surface area contributed by atoms with Gasteiger partial charge in [-0.1, -0.05) is 0 Å². The second-order valence-electron chi connectivity index (χ2n) is 4.11. The standard InChI is InChI=1S/C14H12N2O3/c17-13(14-15-5-1-6-16-14)10-3-4-11-12(9-10)19-8-2-7-18-11/h1,3-6,9H,2,7-8H2. The maximum atomic E-state index is 12.2. The fraction of sp³-hybridized carbons (Fsp3) is 0.214. The zero-order valence-electron chi connectivity index (χ0n) is 10.2. The Morgan fingerprint density at radius 3 is 2.58 bits per heavy atom. The molecule has 0 aliphatic carbocycles. The van der Waals surface area contributed by atoms with Gasteiger partial charge in [0.25, 0.3) is 0 Å². The molecule has 1 aliphatic heterocycles. The van der Waals surface area contributed by atoms with Crippen LogP contribution < -0.4 is 9.47 Å². The van der Waals surface area contributed by atoms with E-state index < -0.39 is 0 Å². The molecule has 0 radical (unpaired) electrons. The highest BCUT2D eigenvalue weighted by Gasteiger charge is 2.16. The van der Waals surface area contributed by atoms with Gasteiger partial charge in [0.1, 0.15) is 0 Å². The van der Waals surface area contributed by atoms with Crippen molar-refractivity contribution in [3.05, 3.63) is 48.0 Å². The van der Waals surface area contributed by atoms with Crippen molar-refractivity contribution in [3.63, 3.8) is 0 Å². The molecule has 0 atom stereocenters. The summed E-state index contributed by atoms with van der Waals surface area (Å²) in [5, 5.41) is 0. The van der Waals surface area contributed by atoms with Gasteiger partial charge in [0.05, 0.1) is 13.2 Å². The summed E-state index contributed by atoms with van der Waals surface area (Å²) in [5.74, 6) is 1.22. The average molecular weight is 256 g/mol. The van der Waals surface area contributed by atoms with Crippen molar-refractivity contribution in [3.8, 4) is 11.5 Å². The quantitative estimate of drug-likeness (QED) is 0.767. The second kappa shape index (κ2) is 5.06. The van der Waals surface area contributed by atoms with Crippen molar-refractivity contribution >= 4 is 5.78 Å². The van der Waals surface area contributed by atoms with Crippen molar-refractivity contribution in [2.45, 2.75) is 6.42 Å². The minimum atomic E-state index is -0.226. The third-order valence-corrected chi connectivity index (χ3v) is 2.78. The molecule has 0 N–H and O–H groups in total. The predicted octanol–water partition coefficient (Wildman–Crippen LogP) is 1.87. The molecular weight excluding hydrogens is 244 g/mol. The highest BCUT2D eigenvalue weighted by Crippen LogP contribution is 2.30. The van der Waals surface area contributed by atoms with Gasteiger partial charge < -0.3 is 9.47 Å². The molecule has 0 fully saturated rings. The van der Waals surface area contributed by atoms with Gasteiger partial charge in [-0.05, 0) is 24.3 Å². The first-order valence-electron chi connectivity index (χ1n) is 6.06. The lowest BCUT2D eigenvalue weighted by Gasteiger charge is -2.08. The average Bonchev–Trinajstić information content (AvgIpc) is 2.72. The fourth-order valence-corrected chi connectivity index (χ4v) is 1.85. The van der Waals surface area contributed by atoms with Crippen LogP contribution >= 0.6 is 0 Å². The number of hydrogen-bond acceptors (Lipinski definition) is 5. The van der Waals surface area contributed by atoms with Gasteiger partial charge in [-0.25, -0.2) is 9.97 Å². The molecule has 5 heteroatoms. The fourth-order valence-electron chi connectivity index (χ4n) is 1.85. The number of nitrogens with zero attached hydrogens (tertiary/aromatic N) is 2. The second-order valence-corrected chi connectivity index (χ2v) is 4.11. The molecule has 2 aromatic rings. The van der Waals surface area contributed by atoms with E-state index in [1.165, 1.54) is 0 Å². The largest absolute Gasteiger partial charge is 0.490 e. The highest BCUT2D eigenvalue weighted by atomic mass is 16.5. The monoisotopic (exact) mass is 256 g/mol. The van der Waals surface area contributed by atoms with E-state index in [0.717, 1.165) is 6.42 Å². The number of aromatic nitrogens is 2. The summed E-state index contributed by atoms with van der Waals surface area (Å²) in [6, 6.07) is 6.80. The maximum absolute atomic E-state index is 12.2. The Hall–Kier alpha value is -2.43. The Kier molecular flexibility index (Phi) is 3.10. The predicted molar refractivity (Wildman–Crippen MR) is 67.5 cm³/mol. The van der Waals surface area contributed by atoms with Crippen LogP contribution in [0.1, 0.15) is 22.6 Å². The van der Waals surface area contributed by atoms with Crippen molar-refractivity contribution in [2.75, 3.05) is 13.2 Å². The molecule has 96 valence electrons. The van der Waals surface area contributed by atoms with E-state index >= 15 is 0 Å². The Bertz CT molecular complexity index is 599. The van der Waals surface area contributed by atoms with Gasteiger partial charge in [-0.3, -0.25) is 4.79 Å². The van der Waals surface area contributed by atoms with Crippen LogP contribution in [0.15, 0.2) is 36.7 Å². The van der Waals surface area contributed by atoms with E-state index in [-0.39, 0.29) is 11.6 Å². The molecule has 0 unspecified atom stereocenters. The van der Waals surface area contributed by atoms with Crippen molar-refractivity contribution in [1.82, 2.24) is 9.97 Å². The first kappa shape index (κ1) is 11.6. The number of carbonyl (C=O) groups is 1. The topological polar surface area (TPSA) is 61.3 Å². The van der Waals surface area contributed by atoms with Crippen LogP contribution in [0.3, 0.4) is 0 Å². The zero-order chi connectivity index (χ0) is 13.1. The molecule has 5 nitrogen and oxygen atoms in total. The van der Waals surface area contributed by atoms with E-state index in [1.54, 1.807) is 36.7 Å². The molecule has 0 saturated heterocycles. The van der Waals surface area contributed by atoms with Crippen molar-refractivity contribution in [1.29, 1.82) is 0 Å². The summed E-state index contributed by atoms with van der Waals surface area (Å²) in [6.45, 7) is 1.22. The molecule has 1 aliphatic rings. The molecule has 19 heavy (non-hydrogen) atoms. The van der Waals surface area contributed by atoms with E-state index in [0.29, 0.717) is 30.3 Å². The number of ether oxygens (including phenoxy) is 2. The van der Waals surface area contributed by atoms with Gasteiger partial charge in [0, 0.05) is 24.4 Å². The summed E-state index contributed by atoms with van der Waals surface area (Å²) < 4.78 is 11.1. The van der Waals surface area contributed by atoms with E-state index in [2.05, 4.69) is 9.97 Å². The van der Waals surface area contributed by atoms with Gasteiger partial charge >= 0.3 is 0 Å². The lowest BCUT2D eigenvalue weighted by atomic mass is 10.1. The van der Waals surface area contributed by atoms with Crippen LogP contribution in [-0.4, -0.2) is 29.0 Å². The molecule has 3 rings (SSSR count). The minimum Gasteiger partial charge on any atom is -0.490 e. The zero-order valence-corrected chi connectivity index (χ0v) is 10.2. The summed E-state index contributed by atoms with van der Waals surface area (Å²) >= 11 is 0. The molecular formula is C14H12N2O3. The number of benzene rings is 1. The lowest BCUT2D eigenvalue weighted by Crippen LogP contribution is -2.06. The first-order chi connectivity index (χ1) is 9.34. The Labute approximate surface area is 110 Å². The summed E-state index contributed by atoms with van der Waals surface area (Å²) in [6.07, 6.45) is 3.92. The molecule has 0 bridgehead atoms. The number of hydrogen-bond donors (Lipinski definition) is 0. The van der Waals surface area contributed by atoms with Gasteiger partial charge in [0.2, 0.25) is 11.6 Å². The molecule has 1 aromatic heterocycles. The summed E-state index contributed by atoms with van der Waals surface area (Å²) in [5.41, 5.74) is 0.496. The first-order valence-corrected chi connectivity index (χ1v) is 6.06. The SMILES string of the molecule is O=C(c1ccc2c(c1)OCCCO2)c1ncccn1. The van der Waals surface area contributed by atoms with Gasteiger partial charge in [-0.15, -0.1) is 0 Å². The third-order valence-electron chi connectivity index (χ3n) is 2.78. The normalized spacial score (nSPS) is 13.7. The number of rotatable bonds is 2. The van der Waals surface area contributed by atoms with Gasteiger partial charge in [-0.2, -0.15) is 0 Å². The molecule has 0 amide bonds. The lowest BCUT2D eigenvalue weighted by molar-refractivity contribution is 0.102.